The van der Waals surface area contributed by atoms with Gasteiger partial charge in [0.25, 0.3) is 0 Å². The third-order valence-electron chi connectivity index (χ3n) is 3.88. The molecule has 0 bridgehead atoms. The molecule has 2 N–H and O–H groups in total. The molecule has 0 radical (unpaired) electrons. The van der Waals surface area contributed by atoms with Crippen molar-refractivity contribution < 1.29 is 4.74 Å². The predicted molar refractivity (Wildman–Crippen MR) is 89.9 cm³/mol. The molecule has 21 heavy (non-hydrogen) atoms. The highest BCUT2D eigenvalue weighted by molar-refractivity contribution is 9.10. The second-order valence-corrected chi connectivity index (χ2v) is 6.29. The summed E-state index contributed by atoms with van der Waals surface area (Å²) in [5.41, 5.74) is 10.0. The van der Waals surface area contributed by atoms with Gasteiger partial charge in [0.1, 0.15) is 5.75 Å². The van der Waals surface area contributed by atoms with E-state index in [4.69, 9.17) is 10.5 Å². The van der Waals surface area contributed by atoms with Crippen molar-refractivity contribution in [2.24, 2.45) is 5.73 Å². The summed E-state index contributed by atoms with van der Waals surface area (Å²) in [4.78, 5) is 2.35. The molecule has 0 aromatic heterocycles. The van der Waals surface area contributed by atoms with Crippen molar-refractivity contribution >= 4 is 21.6 Å². The van der Waals surface area contributed by atoms with Crippen LogP contribution in [0.15, 0.2) is 46.9 Å². The Morgan fingerprint density at radius 3 is 2.90 bits per heavy atom. The number of nitrogens with two attached hydrogens (primary N) is 1. The fraction of sp³-hybridized carbons (Fsp3) is 0.294. The van der Waals surface area contributed by atoms with Gasteiger partial charge >= 0.3 is 0 Å². The number of anilines is 1. The number of methoxy groups -OCH3 is 1. The van der Waals surface area contributed by atoms with Gasteiger partial charge in [-0.15, -0.1) is 0 Å². The summed E-state index contributed by atoms with van der Waals surface area (Å²) in [6, 6.07) is 14.8. The minimum Gasteiger partial charge on any atom is -0.497 e. The zero-order chi connectivity index (χ0) is 14.8. The van der Waals surface area contributed by atoms with Crippen molar-refractivity contribution in [2.45, 2.75) is 19.0 Å². The van der Waals surface area contributed by atoms with Gasteiger partial charge in [-0.05, 0) is 41.8 Å². The molecule has 1 unspecified atom stereocenters. The maximum atomic E-state index is 6.21. The lowest BCUT2D eigenvalue weighted by atomic mass is 9.98. The number of fused-ring (bicyclic) bond motifs is 1. The Morgan fingerprint density at radius 2 is 2.10 bits per heavy atom. The maximum absolute atomic E-state index is 6.21. The van der Waals surface area contributed by atoms with Crippen LogP contribution in [0.3, 0.4) is 0 Å². The Hall–Kier alpha value is -1.52. The molecule has 2 aromatic carbocycles. The van der Waals surface area contributed by atoms with Gasteiger partial charge in [0.15, 0.2) is 0 Å². The smallest absolute Gasteiger partial charge is 0.119 e. The van der Waals surface area contributed by atoms with Crippen LogP contribution in [0.5, 0.6) is 5.75 Å². The van der Waals surface area contributed by atoms with Gasteiger partial charge < -0.3 is 15.4 Å². The second-order valence-electron chi connectivity index (χ2n) is 5.43. The lowest BCUT2D eigenvalue weighted by Gasteiger charge is -2.35. The van der Waals surface area contributed by atoms with Crippen molar-refractivity contribution in [2.75, 3.05) is 18.6 Å². The Balaban J connectivity index is 1.91. The standard InChI is InChI=1S/C17H19BrN2O/c1-21-15-6-7-16(18)13(9-15)10-20-11-14(19)8-12-4-2-3-5-17(12)20/h2-7,9,14H,8,10-11,19H2,1H3. The zero-order valence-corrected chi connectivity index (χ0v) is 13.6. The van der Waals surface area contributed by atoms with Crippen LogP contribution in [0.2, 0.25) is 0 Å². The molecule has 3 nitrogen and oxygen atoms in total. The number of rotatable bonds is 3. The number of hydrogen-bond donors (Lipinski definition) is 1. The van der Waals surface area contributed by atoms with Gasteiger partial charge in [-0.25, -0.2) is 0 Å². The van der Waals surface area contributed by atoms with Crippen LogP contribution >= 0.6 is 15.9 Å². The quantitative estimate of drug-likeness (QED) is 0.926. The van der Waals surface area contributed by atoms with Crippen LogP contribution in [0.4, 0.5) is 5.69 Å². The highest BCUT2D eigenvalue weighted by Gasteiger charge is 2.22. The monoisotopic (exact) mass is 346 g/mol. The first-order chi connectivity index (χ1) is 10.2. The van der Waals surface area contributed by atoms with Gasteiger partial charge in [-0.3, -0.25) is 0 Å². The van der Waals surface area contributed by atoms with Crippen LogP contribution in [-0.4, -0.2) is 19.7 Å². The summed E-state index contributed by atoms with van der Waals surface area (Å²) in [6.07, 6.45) is 0.950. The molecule has 0 saturated heterocycles. The molecule has 110 valence electrons. The first-order valence-electron chi connectivity index (χ1n) is 7.08. The number of halogens is 1. The lowest BCUT2D eigenvalue weighted by Crippen LogP contribution is -2.42. The molecule has 4 heteroatoms. The van der Waals surface area contributed by atoms with Gasteiger partial charge in [0, 0.05) is 29.3 Å². The molecule has 1 atom stereocenters. The normalized spacial score (nSPS) is 17.5. The minimum absolute atomic E-state index is 0.185. The molecule has 1 aliphatic heterocycles. The van der Waals surface area contributed by atoms with Crippen LogP contribution in [0.25, 0.3) is 0 Å². The number of benzene rings is 2. The lowest BCUT2D eigenvalue weighted by molar-refractivity contribution is 0.414. The molecule has 0 amide bonds. The predicted octanol–water partition coefficient (Wildman–Crippen LogP) is 3.35. The number of hydrogen-bond acceptors (Lipinski definition) is 3. The van der Waals surface area contributed by atoms with Crippen LogP contribution in [0, 0.1) is 0 Å². The molecule has 1 aliphatic rings. The average Bonchev–Trinajstić information content (AvgIpc) is 2.49. The summed E-state index contributed by atoms with van der Waals surface area (Å²) < 4.78 is 6.42. The maximum Gasteiger partial charge on any atom is 0.119 e. The first kappa shape index (κ1) is 14.4. The van der Waals surface area contributed by atoms with E-state index in [2.05, 4.69) is 51.2 Å². The molecule has 0 saturated carbocycles. The SMILES string of the molecule is COc1ccc(Br)c(CN2CC(N)Cc3ccccc32)c1. The third kappa shape index (κ3) is 3.06. The van der Waals surface area contributed by atoms with E-state index in [9.17, 15) is 0 Å². The summed E-state index contributed by atoms with van der Waals surface area (Å²) in [5.74, 6) is 0.878. The van der Waals surface area contributed by atoms with Gasteiger partial charge in [-0.1, -0.05) is 34.1 Å². The fourth-order valence-electron chi connectivity index (χ4n) is 2.87. The second kappa shape index (κ2) is 6.08. The summed E-state index contributed by atoms with van der Waals surface area (Å²) in [6.45, 7) is 1.70. The van der Waals surface area contributed by atoms with Gasteiger partial charge in [-0.2, -0.15) is 0 Å². The van der Waals surface area contributed by atoms with E-state index in [1.54, 1.807) is 7.11 Å². The summed E-state index contributed by atoms with van der Waals surface area (Å²) in [5, 5.41) is 0. The third-order valence-corrected chi connectivity index (χ3v) is 4.66. The van der Waals surface area contributed by atoms with E-state index in [0.717, 1.165) is 29.7 Å². The average molecular weight is 347 g/mol. The Labute approximate surface area is 133 Å². The largest absolute Gasteiger partial charge is 0.497 e. The van der Waals surface area contributed by atoms with Crippen LogP contribution in [0.1, 0.15) is 11.1 Å². The zero-order valence-electron chi connectivity index (χ0n) is 12.1. The van der Waals surface area contributed by atoms with Crippen molar-refractivity contribution in [3.05, 3.63) is 58.1 Å². The summed E-state index contributed by atoms with van der Waals surface area (Å²) >= 11 is 3.63. The van der Waals surface area contributed by atoms with E-state index in [1.165, 1.54) is 16.8 Å². The van der Waals surface area contributed by atoms with Crippen molar-refractivity contribution in [1.29, 1.82) is 0 Å². The Morgan fingerprint density at radius 1 is 1.29 bits per heavy atom. The molecule has 0 aliphatic carbocycles. The molecule has 3 rings (SSSR count). The summed E-state index contributed by atoms with van der Waals surface area (Å²) in [7, 11) is 1.69. The molecule has 1 heterocycles. The number of nitrogens with zero attached hydrogens (tertiary/aromatic N) is 1. The van der Waals surface area contributed by atoms with E-state index in [1.807, 2.05) is 12.1 Å². The van der Waals surface area contributed by atoms with E-state index >= 15 is 0 Å². The molecular weight excluding hydrogens is 328 g/mol. The Kier molecular flexibility index (Phi) is 4.17. The van der Waals surface area contributed by atoms with Crippen molar-refractivity contribution in [1.82, 2.24) is 0 Å². The topological polar surface area (TPSA) is 38.5 Å². The first-order valence-corrected chi connectivity index (χ1v) is 7.87. The number of para-hydroxylation sites is 1. The van der Waals surface area contributed by atoms with Crippen molar-refractivity contribution in [3.8, 4) is 5.75 Å². The van der Waals surface area contributed by atoms with Crippen molar-refractivity contribution in [3.63, 3.8) is 0 Å². The van der Waals surface area contributed by atoms with Crippen LogP contribution in [-0.2, 0) is 13.0 Å². The highest BCUT2D eigenvalue weighted by atomic mass is 79.9. The fourth-order valence-corrected chi connectivity index (χ4v) is 3.25. The molecule has 2 aromatic rings. The van der Waals surface area contributed by atoms with E-state index in [0.29, 0.717) is 0 Å². The molecular formula is C17H19BrN2O. The van der Waals surface area contributed by atoms with E-state index in [-0.39, 0.29) is 6.04 Å². The van der Waals surface area contributed by atoms with Gasteiger partial charge in [0.2, 0.25) is 0 Å². The number of ether oxygens (including phenoxy) is 1. The Bertz CT molecular complexity index is 644. The molecule has 0 spiro atoms. The van der Waals surface area contributed by atoms with Crippen LogP contribution < -0.4 is 15.4 Å². The van der Waals surface area contributed by atoms with Gasteiger partial charge in [0.05, 0.1) is 7.11 Å². The molecule has 0 fully saturated rings. The minimum atomic E-state index is 0.185. The van der Waals surface area contributed by atoms with E-state index < -0.39 is 0 Å². The highest BCUT2D eigenvalue weighted by Crippen LogP contribution is 2.30.